The van der Waals surface area contributed by atoms with E-state index in [4.69, 9.17) is 18.9 Å². The Morgan fingerprint density at radius 1 is 1.09 bits per heavy atom. The first-order chi connectivity index (χ1) is 16.2. The van der Waals surface area contributed by atoms with Crippen LogP contribution in [0.2, 0.25) is 0 Å². The summed E-state index contributed by atoms with van der Waals surface area (Å²) in [4.78, 5) is 12.4. The number of carbonyl (C=O) groups excluding carboxylic acids is 1. The molecule has 0 aliphatic carbocycles. The second kappa shape index (κ2) is 9.03. The van der Waals surface area contributed by atoms with Gasteiger partial charge in [-0.25, -0.2) is 0 Å². The Balaban J connectivity index is 1.13. The first kappa shape index (κ1) is 20.6. The summed E-state index contributed by atoms with van der Waals surface area (Å²) < 4.78 is 23.6. The monoisotopic (exact) mass is 447 g/mol. The summed E-state index contributed by atoms with van der Waals surface area (Å²) in [6.45, 7) is 2.39. The van der Waals surface area contributed by atoms with Crippen molar-refractivity contribution < 1.29 is 23.7 Å². The number of carbonyl (C=O) groups is 1. The van der Waals surface area contributed by atoms with E-state index < -0.39 is 6.10 Å². The van der Waals surface area contributed by atoms with Crippen LogP contribution in [0.3, 0.4) is 0 Å². The molecular formula is C23H21N5O5. The first-order valence-corrected chi connectivity index (χ1v) is 10.4. The van der Waals surface area contributed by atoms with Crippen molar-refractivity contribution in [3.05, 3.63) is 60.7 Å². The molecule has 1 aliphatic rings. The average Bonchev–Trinajstić information content (AvgIpc) is 3.48. The molecule has 1 aliphatic heterocycles. The van der Waals surface area contributed by atoms with Gasteiger partial charge < -0.3 is 24.3 Å². The number of rotatable bonds is 8. The van der Waals surface area contributed by atoms with E-state index in [9.17, 15) is 4.79 Å². The molecule has 1 atom stereocenters. The second-order valence-electron chi connectivity index (χ2n) is 7.25. The molecule has 1 N–H and O–H groups in total. The zero-order chi connectivity index (χ0) is 22.6. The third-order valence-electron chi connectivity index (χ3n) is 4.95. The molecule has 33 heavy (non-hydrogen) atoms. The van der Waals surface area contributed by atoms with Gasteiger partial charge in [0.05, 0.1) is 6.54 Å². The lowest BCUT2D eigenvalue weighted by Crippen LogP contribution is -2.38. The Hall–Kier alpha value is -4.34. The Morgan fingerprint density at radius 2 is 1.94 bits per heavy atom. The number of hydrogen-bond donors (Lipinski definition) is 1. The SMILES string of the molecule is CC(Oc1ccc2c(c1)OCO2)C(=O)NCCOc1ccc2nnc(-c3ccccc3)n2n1. The maximum atomic E-state index is 12.4. The van der Waals surface area contributed by atoms with Crippen LogP contribution in [0.25, 0.3) is 17.0 Å². The molecule has 0 radical (unpaired) electrons. The maximum Gasteiger partial charge on any atom is 0.260 e. The number of amides is 1. The van der Waals surface area contributed by atoms with Gasteiger partial charge in [-0.2, -0.15) is 4.52 Å². The van der Waals surface area contributed by atoms with E-state index >= 15 is 0 Å². The first-order valence-electron chi connectivity index (χ1n) is 10.4. The topological polar surface area (TPSA) is 109 Å². The van der Waals surface area contributed by atoms with E-state index in [-0.39, 0.29) is 19.3 Å². The molecule has 10 heteroatoms. The highest BCUT2D eigenvalue weighted by molar-refractivity contribution is 5.80. The zero-order valence-electron chi connectivity index (χ0n) is 17.8. The van der Waals surface area contributed by atoms with Gasteiger partial charge in [0.25, 0.3) is 5.91 Å². The lowest BCUT2D eigenvalue weighted by atomic mass is 10.2. The van der Waals surface area contributed by atoms with Crippen molar-refractivity contribution in [1.82, 2.24) is 25.1 Å². The molecule has 10 nitrogen and oxygen atoms in total. The predicted molar refractivity (Wildman–Crippen MR) is 117 cm³/mol. The summed E-state index contributed by atoms with van der Waals surface area (Å²) in [6.07, 6.45) is -0.690. The van der Waals surface area contributed by atoms with Crippen LogP contribution in [-0.2, 0) is 4.79 Å². The zero-order valence-corrected chi connectivity index (χ0v) is 17.8. The largest absolute Gasteiger partial charge is 0.481 e. The van der Waals surface area contributed by atoms with Gasteiger partial charge in [0.2, 0.25) is 12.7 Å². The van der Waals surface area contributed by atoms with Crippen molar-refractivity contribution in [3.63, 3.8) is 0 Å². The number of nitrogens with zero attached hydrogens (tertiary/aromatic N) is 4. The number of ether oxygens (including phenoxy) is 4. The van der Waals surface area contributed by atoms with Gasteiger partial charge in [-0.15, -0.1) is 15.3 Å². The fourth-order valence-corrected chi connectivity index (χ4v) is 3.30. The number of aromatic nitrogens is 4. The molecule has 1 unspecified atom stereocenters. The van der Waals surface area contributed by atoms with E-state index in [1.165, 1.54) is 0 Å². The van der Waals surface area contributed by atoms with Crippen LogP contribution in [-0.4, -0.2) is 51.8 Å². The van der Waals surface area contributed by atoms with Gasteiger partial charge in [-0.3, -0.25) is 4.79 Å². The van der Waals surface area contributed by atoms with Crippen LogP contribution in [0.4, 0.5) is 0 Å². The van der Waals surface area contributed by atoms with Crippen LogP contribution in [0.1, 0.15) is 6.92 Å². The van der Waals surface area contributed by atoms with Crippen molar-refractivity contribution in [2.75, 3.05) is 19.9 Å². The van der Waals surface area contributed by atoms with E-state index in [2.05, 4.69) is 20.6 Å². The second-order valence-corrected chi connectivity index (χ2v) is 7.25. The molecule has 4 aromatic rings. The van der Waals surface area contributed by atoms with Crippen molar-refractivity contribution in [3.8, 4) is 34.5 Å². The van der Waals surface area contributed by atoms with E-state index in [1.54, 1.807) is 41.8 Å². The van der Waals surface area contributed by atoms with Gasteiger partial charge in [-0.05, 0) is 25.1 Å². The molecule has 0 bridgehead atoms. The van der Waals surface area contributed by atoms with E-state index in [0.717, 1.165) is 5.56 Å². The van der Waals surface area contributed by atoms with Crippen molar-refractivity contribution in [2.45, 2.75) is 13.0 Å². The molecule has 1 amide bonds. The lowest BCUT2D eigenvalue weighted by Gasteiger charge is -2.15. The third kappa shape index (κ3) is 4.49. The number of benzene rings is 2. The fraction of sp³-hybridized carbons (Fsp3) is 0.217. The number of hydrogen-bond acceptors (Lipinski definition) is 8. The van der Waals surface area contributed by atoms with Crippen molar-refractivity contribution in [1.29, 1.82) is 0 Å². The minimum absolute atomic E-state index is 0.182. The van der Waals surface area contributed by atoms with E-state index in [1.807, 2.05) is 30.3 Å². The summed E-state index contributed by atoms with van der Waals surface area (Å²) in [6, 6.07) is 18.3. The van der Waals surface area contributed by atoms with Gasteiger partial charge in [-0.1, -0.05) is 30.3 Å². The third-order valence-corrected chi connectivity index (χ3v) is 4.95. The van der Waals surface area contributed by atoms with Gasteiger partial charge in [0, 0.05) is 17.7 Å². The molecule has 0 spiro atoms. The normalized spacial score (nSPS) is 13.0. The Bertz CT molecular complexity index is 1280. The molecule has 168 valence electrons. The molecule has 0 fully saturated rings. The summed E-state index contributed by atoms with van der Waals surface area (Å²) >= 11 is 0. The van der Waals surface area contributed by atoms with Crippen LogP contribution in [0.15, 0.2) is 60.7 Å². The van der Waals surface area contributed by atoms with Crippen molar-refractivity contribution >= 4 is 11.6 Å². The minimum Gasteiger partial charge on any atom is -0.481 e. The summed E-state index contributed by atoms with van der Waals surface area (Å²) in [5.41, 5.74) is 1.52. The van der Waals surface area contributed by atoms with Crippen LogP contribution < -0.4 is 24.3 Å². The van der Waals surface area contributed by atoms with Crippen molar-refractivity contribution in [2.24, 2.45) is 0 Å². The minimum atomic E-state index is -0.690. The van der Waals surface area contributed by atoms with Crippen LogP contribution in [0, 0.1) is 0 Å². The quantitative estimate of drug-likeness (QED) is 0.411. The summed E-state index contributed by atoms with van der Waals surface area (Å²) in [5, 5.41) is 15.6. The van der Waals surface area contributed by atoms with E-state index in [0.29, 0.717) is 41.1 Å². The fourth-order valence-electron chi connectivity index (χ4n) is 3.30. The van der Waals surface area contributed by atoms with Gasteiger partial charge in [0.1, 0.15) is 12.4 Å². The Kier molecular flexibility index (Phi) is 5.62. The Morgan fingerprint density at radius 3 is 2.82 bits per heavy atom. The molecule has 3 heterocycles. The lowest BCUT2D eigenvalue weighted by molar-refractivity contribution is -0.127. The standard InChI is InChI=1S/C23H21N5O5/c1-15(33-17-7-8-18-19(13-17)32-14-31-18)23(29)24-11-12-30-21-10-9-20-25-26-22(28(20)27-21)16-5-3-2-4-6-16/h2-10,13,15H,11-12,14H2,1H3,(H,24,29). The predicted octanol–water partition coefficient (Wildman–Crippen LogP) is 2.48. The van der Waals surface area contributed by atoms with Gasteiger partial charge in [0.15, 0.2) is 29.1 Å². The summed E-state index contributed by atoms with van der Waals surface area (Å²) in [7, 11) is 0. The number of nitrogens with one attached hydrogen (secondary N) is 1. The number of fused-ring (bicyclic) bond motifs is 2. The molecule has 5 rings (SSSR count). The Labute approximate surface area is 189 Å². The molecule has 0 saturated carbocycles. The average molecular weight is 447 g/mol. The molecule has 2 aromatic carbocycles. The smallest absolute Gasteiger partial charge is 0.260 e. The highest BCUT2D eigenvalue weighted by atomic mass is 16.7. The molecule has 2 aromatic heterocycles. The maximum absolute atomic E-state index is 12.4. The van der Waals surface area contributed by atoms with Gasteiger partial charge >= 0.3 is 0 Å². The highest BCUT2D eigenvalue weighted by Crippen LogP contribution is 2.35. The van der Waals surface area contributed by atoms with Crippen LogP contribution in [0.5, 0.6) is 23.1 Å². The highest BCUT2D eigenvalue weighted by Gasteiger charge is 2.18. The molecular weight excluding hydrogens is 426 g/mol. The summed E-state index contributed by atoms with van der Waals surface area (Å²) in [5.74, 6) is 2.55. The van der Waals surface area contributed by atoms with Crippen LogP contribution >= 0.6 is 0 Å². The molecule has 0 saturated heterocycles.